The van der Waals surface area contributed by atoms with Crippen LogP contribution in [0.4, 0.5) is 0 Å². The first-order valence-electron chi connectivity index (χ1n) is 5.24. The van der Waals surface area contributed by atoms with Crippen LogP contribution in [0.5, 0.6) is 0 Å². The van der Waals surface area contributed by atoms with E-state index in [1.807, 2.05) is 0 Å². The highest BCUT2D eigenvalue weighted by molar-refractivity contribution is 5.11. The predicted octanol–water partition coefficient (Wildman–Crippen LogP) is 3.82. The molecule has 1 atom stereocenters. The van der Waals surface area contributed by atoms with Crippen LogP contribution >= 0.6 is 0 Å². The van der Waals surface area contributed by atoms with Crippen LogP contribution in [0.2, 0.25) is 0 Å². The molecular weight excluding hydrogens is 158 g/mol. The van der Waals surface area contributed by atoms with Gasteiger partial charge in [0, 0.05) is 6.42 Å². The van der Waals surface area contributed by atoms with Crippen LogP contribution < -0.4 is 0 Å². The number of hydrogen-bond donors (Lipinski definition) is 0. The highest BCUT2D eigenvalue weighted by Crippen LogP contribution is 2.43. The summed E-state index contributed by atoms with van der Waals surface area (Å²) in [7, 11) is 0. The third-order valence-corrected chi connectivity index (χ3v) is 3.33. The van der Waals surface area contributed by atoms with E-state index in [1.165, 1.54) is 31.3 Å². The van der Waals surface area contributed by atoms with E-state index in [0.29, 0.717) is 11.8 Å². The number of nitrogens with zero attached hydrogens (tertiary/aromatic N) is 1. The van der Waals surface area contributed by atoms with E-state index in [4.69, 9.17) is 5.26 Å². The van der Waals surface area contributed by atoms with E-state index < -0.39 is 0 Å². The normalized spacial score (nSPS) is 28.5. The molecule has 0 aliphatic heterocycles. The van der Waals surface area contributed by atoms with Gasteiger partial charge in [-0.05, 0) is 37.5 Å². The molecule has 0 heterocycles. The van der Waals surface area contributed by atoms with Crippen molar-refractivity contribution in [1.29, 1.82) is 5.26 Å². The molecule has 72 valence electrons. The fraction of sp³-hybridized carbons (Fsp3) is 0.750. The van der Waals surface area contributed by atoms with Crippen molar-refractivity contribution < 1.29 is 0 Å². The molecule has 1 unspecified atom stereocenters. The third-order valence-electron chi connectivity index (χ3n) is 3.33. The van der Waals surface area contributed by atoms with Crippen molar-refractivity contribution >= 4 is 0 Å². The van der Waals surface area contributed by atoms with Gasteiger partial charge in [0.05, 0.1) is 6.07 Å². The molecule has 0 spiro atoms. The minimum Gasteiger partial charge on any atom is -0.198 e. The van der Waals surface area contributed by atoms with Crippen molar-refractivity contribution in [2.45, 2.75) is 51.9 Å². The number of unbranched alkanes of at least 4 members (excludes halogenated alkanes) is 1. The van der Waals surface area contributed by atoms with Gasteiger partial charge < -0.3 is 0 Å². The van der Waals surface area contributed by atoms with E-state index >= 15 is 0 Å². The molecule has 1 nitrogen and oxygen atoms in total. The van der Waals surface area contributed by atoms with Crippen molar-refractivity contribution in [3.05, 3.63) is 12.2 Å². The lowest BCUT2D eigenvalue weighted by molar-refractivity contribution is 0.277. The van der Waals surface area contributed by atoms with E-state index in [0.717, 1.165) is 12.8 Å². The zero-order valence-corrected chi connectivity index (χ0v) is 8.60. The fourth-order valence-electron chi connectivity index (χ4n) is 2.19. The number of rotatable bonds is 3. The van der Waals surface area contributed by atoms with Gasteiger partial charge in [-0.1, -0.05) is 25.5 Å². The summed E-state index contributed by atoms with van der Waals surface area (Å²) in [6.45, 7) is 6.47. The first-order chi connectivity index (χ1) is 6.19. The maximum absolute atomic E-state index is 8.47. The molecule has 1 fully saturated rings. The van der Waals surface area contributed by atoms with Crippen LogP contribution in [0.25, 0.3) is 0 Å². The molecule has 13 heavy (non-hydrogen) atoms. The molecule has 0 aromatic heterocycles. The standard InChI is InChI=1S/C12H19N/c1-11-7-3-4-8-12(11,2)9-5-6-10-13/h1,3-9H2,2H3. The molecule has 0 saturated heterocycles. The van der Waals surface area contributed by atoms with Gasteiger partial charge in [0.25, 0.3) is 0 Å². The Morgan fingerprint density at radius 2 is 2.31 bits per heavy atom. The van der Waals surface area contributed by atoms with Gasteiger partial charge in [-0.15, -0.1) is 0 Å². The second-order valence-electron chi connectivity index (χ2n) is 4.38. The summed E-state index contributed by atoms with van der Waals surface area (Å²) < 4.78 is 0. The second kappa shape index (κ2) is 4.46. The maximum Gasteiger partial charge on any atom is 0.0621 e. The van der Waals surface area contributed by atoms with E-state index in [-0.39, 0.29) is 0 Å². The first-order valence-corrected chi connectivity index (χ1v) is 5.24. The summed E-state index contributed by atoms with van der Waals surface area (Å²) in [5, 5.41) is 8.47. The number of allylic oxidation sites excluding steroid dienone is 1. The van der Waals surface area contributed by atoms with Crippen LogP contribution in [0, 0.1) is 16.7 Å². The molecule has 0 aromatic carbocycles. The highest BCUT2D eigenvalue weighted by atomic mass is 14.3. The molecule has 0 bridgehead atoms. The summed E-state index contributed by atoms with van der Waals surface area (Å²) in [6.07, 6.45) is 8.00. The van der Waals surface area contributed by atoms with Crippen molar-refractivity contribution in [2.24, 2.45) is 5.41 Å². The molecule has 0 aromatic rings. The van der Waals surface area contributed by atoms with Gasteiger partial charge >= 0.3 is 0 Å². The van der Waals surface area contributed by atoms with Crippen LogP contribution in [-0.2, 0) is 0 Å². The lowest BCUT2D eigenvalue weighted by Gasteiger charge is -2.36. The predicted molar refractivity (Wildman–Crippen MR) is 55.2 cm³/mol. The van der Waals surface area contributed by atoms with Gasteiger partial charge in [-0.3, -0.25) is 0 Å². The van der Waals surface area contributed by atoms with Crippen molar-refractivity contribution in [3.63, 3.8) is 0 Å². The molecular formula is C12H19N. The number of hydrogen-bond acceptors (Lipinski definition) is 1. The summed E-state index contributed by atoms with van der Waals surface area (Å²) in [4.78, 5) is 0. The van der Waals surface area contributed by atoms with E-state index in [1.54, 1.807) is 0 Å². The van der Waals surface area contributed by atoms with Crippen LogP contribution in [0.3, 0.4) is 0 Å². The number of nitriles is 1. The first kappa shape index (κ1) is 10.3. The lowest BCUT2D eigenvalue weighted by Crippen LogP contribution is -2.22. The Kier molecular flexibility index (Phi) is 3.54. The van der Waals surface area contributed by atoms with Gasteiger partial charge in [0.2, 0.25) is 0 Å². The average Bonchev–Trinajstić information content (AvgIpc) is 2.11. The molecule has 0 radical (unpaired) electrons. The largest absolute Gasteiger partial charge is 0.198 e. The van der Waals surface area contributed by atoms with Crippen molar-refractivity contribution in [1.82, 2.24) is 0 Å². The van der Waals surface area contributed by atoms with Crippen molar-refractivity contribution in [2.75, 3.05) is 0 Å². The smallest absolute Gasteiger partial charge is 0.0621 e. The minimum absolute atomic E-state index is 0.342. The van der Waals surface area contributed by atoms with Crippen LogP contribution in [0.1, 0.15) is 51.9 Å². The van der Waals surface area contributed by atoms with Gasteiger partial charge in [-0.2, -0.15) is 5.26 Å². The lowest BCUT2D eigenvalue weighted by atomic mass is 9.69. The molecule has 1 aliphatic carbocycles. The molecule has 1 aliphatic rings. The SMILES string of the molecule is C=C1CCCCC1(C)CCCC#N. The third kappa shape index (κ3) is 2.59. The Labute approximate surface area is 81.5 Å². The Balaban J connectivity index is 2.43. The van der Waals surface area contributed by atoms with E-state index in [2.05, 4.69) is 19.6 Å². The Morgan fingerprint density at radius 1 is 1.54 bits per heavy atom. The molecule has 1 saturated carbocycles. The molecule has 1 rings (SSSR count). The maximum atomic E-state index is 8.47. The van der Waals surface area contributed by atoms with Crippen LogP contribution in [-0.4, -0.2) is 0 Å². The fourth-order valence-corrected chi connectivity index (χ4v) is 2.19. The van der Waals surface area contributed by atoms with Crippen LogP contribution in [0.15, 0.2) is 12.2 Å². The summed E-state index contributed by atoms with van der Waals surface area (Å²) in [6, 6.07) is 2.21. The average molecular weight is 177 g/mol. The van der Waals surface area contributed by atoms with Gasteiger partial charge in [-0.25, -0.2) is 0 Å². The van der Waals surface area contributed by atoms with Gasteiger partial charge in [0.15, 0.2) is 0 Å². The summed E-state index contributed by atoms with van der Waals surface area (Å²) in [5.41, 5.74) is 1.76. The summed E-state index contributed by atoms with van der Waals surface area (Å²) >= 11 is 0. The van der Waals surface area contributed by atoms with Crippen molar-refractivity contribution in [3.8, 4) is 6.07 Å². The Morgan fingerprint density at radius 3 is 2.92 bits per heavy atom. The molecule has 0 N–H and O–H groups in total. The molecule has 1 heteroatoms. The topological polar surface area (TPSA) is 23.8 Å². The monoisotopic (exact) mass is 177 g/mol. The second-order valence-corrected chi connectivity index (χ2v) is 4.38. The zero-order chi connectivity index (χ0) is 9.73. The quantitative estimate of drug-likeness (QED) is 0.475. The molecule has 0 amide bonds. The Hall–Kier alpha value is -0.770. The highest BCUT2D eigenvalue weighted by Gasteiger charge is 2.29. The van der Waals surface area contributed by atoms with Gasteiger partial charge in [0.1, 0.15) is 0 Å². The zero-order valence-electron chi connectivity index (χ0n) is 8.60. The Bertz CT molecular complexity index is 224. The van der Waals surface area contributed by atoms with E-state index in [9.17, 15) is 0 Å². The minimum atomic E-state index is 0.342. The summed E-state index contributed by atoms with van der Waals surface area (Å²) in [5.74, 6) is 0.